The summed E-state index contributed by atoms with van der Waals surface area (Å²) in [5.74, 6) is -3.85. The molecule has 45 heavy (non-hydrogen) atoms. The van der Waals surface area contributed by atoms with Gasteiger partial charge in [-0.3, -0.25) is 14.4 Å². The zero-order valence-electron chi connectivity index (χ0n) is 26.3. The Morgan fingerprint density at radius 1 is 0.911 bits per heavy atom. The van der Waals surface area contributed by atoms with E-state index in [1.54, 1.807) is 71.9 Å². The highest BCUT2D eigenvalue weighted by Gasteiger charge is 2.39. The summed E-state index contributed by atoms with van der Waals surface area (Å²) in [5, 5.41) is 24.9. The van der Waals surface area contributed by atoms with Gasteiger partial charge in [-0.15, -0.1) is 0 Å². The Balaban J connectivity index is 2.59. The van der Waals surface area contributed by atoms with E-state index in [-0.39, 0.29) is 17.7 Å². The third kappa shape index (κ3) is 12.2. The monoisotopic (exact) mass is 623 g/mol. The van der Waals surface area contributed by atoms with E-state index in [1.807, 2.05) is 6.07 Å². The van der Waals surface area contributed by atoms with Crippen LogP contribution in [0.3, 0.4) is 0 Å². The number of rotatable bonds is 12. The average Bonchev–Trinajstić information content (AvgIpc) is 2.90. The van der Waals surface area contributed by atoms with Crippen molar-refractivity contribution in [3.63, 3.8) is 0 Å². The second-order valence-corrected chi connectivity index (χ2v) is 12.3. The second kappa shape index (κ2) is 15.6. The van der Waals surface area contributed by atoms with Gasteiger partial charge in [-0.05, 0) is 64.8 Å². The SMILES string of the molecule is CC(C)(C)OC(=O)NC(CC(N)=O)C(=O)N(CC#N)C(C(=O)NC(Cc1ccccc1)C(=O)OC(C)(C)C)c1cccc(O)c1. The van der Waals surface area contributed by atoms with Crippen molar-refractivity contribution in [1.82, 2.24) is 15.5 Å². The molecule has 13 heteroatoms. The highest BCUT2D eigenvalue weighted by atomic mass is 16.6. The fraction of sp³-hybridized carbons (Fsp3) is 0.438. The van der Waals surface area contributed by atoms with Gasteiger partial charge in [-0.1, -0.05) is 42.5 Å². The number of nitrogens with two attached hydrogens (primary N) is 1. The number of nitrogens with one attached hydrogen (secondary N) is 2. The van der Waals surface area contributed by atoms with E-state index in [4.69, 9.17) is 15.2 Å². The normalized spacial score (nSPS) is 13.3. The summed E-state index contributed by atoms with van der Waals surface area (Å²) >= 11 is 0. The van der Waals surface area contributed by atoms with Crippen molar-refractivity contribution < 1.29 is 38.6 Å². The molecule has 3 unspecified atom stereocenters. The average molecular weight is 624 g/mol. The van der Waals surface area contributed by atoms with Crippen LogP contribution in [0.25, 0.3) is 0 Å². The van der Waals surface area contributed by atoms with Crippen LogP contribution in [0.15, 0.2) is 54.6 Å². The number of hydrogen-bond acceptors (Lipinski definition) is 9. The molecule has 0 fully saturated rings. The molecule has 4 amide bonds. The van der Waals surface area contributed by atoms with Crippen LogP contribution in [0.4, 0.5) is 4.79 Å². The van der Waals surface area contributed by atoms with Crippen molar-refractivity contribution in [1.29, 1.82) is 5.26 Å². The van der Waals surface area contributed by atoms with E-state index in [2.05, 4.69) is 10.6 Å². The first-order chi connectivity index (χ1) is 20.9. The summed E-state index contributed by atoms with van der Waals surface area (Å²) in [4.78, 5) is 66.6. The van der Waals surface area contributed by atoms with Gasteiger partial charge < -0.3 is 35.8 Å². The van der Waals surface area contributed by atoms with Gasteiger partial charge in [-0.2, -0.15) is 5.26 Å². The summed E-state index contributed by atoms with van der Waals surface area (Å²) in [7, 11) is 0. The number of nitrogens with zero attached hydrogens (tertiary/aromatic N) is 2. The topological polar surface area (TPSA) is 201 Å². The lowest BCUT2D eigenvalue weighted by molar-refractivity contribution is -0.159. The molecule has 3 atom stereocenters. The molecule has 2 aromatic rings. The van der Waals surface area contributed by atoms with E-state index in [0.29, 0.717) is 5.56 Å². The second-order valence-electron chi connectivity index (χ2n) is 12.3. The first-order valence-corrected chi connectivity index (χ1v) is 14.2. The largest absolute Gasteiger partial charge is 0.508 e. The predicted octanol–water partition coefficient (Wildman–Crippen LogP) is 2.62. The first-order valence-electron chi connectivity index (χ1n) is 14.2. The summed E-state index contributed by atoms with van der Waals surface area (Å²) in [6.07, 6.45) is -1.68. The number of phenolic OH excluding ortho intramolecular Hbond substituents is 1. The standard InChI is InChI=1S/C32H41N5O8/c1-31(2,3)44-29(42)24(17-20-11-8-7-9-12-20)35-27(40)26(21-13-10-14-22(38)18-21)37(16-15-33)28(41)23(19-25(34)39)36-30(43)45-32(4,5)6/h7-14,18,23-24,26,38H,16-17,19H2,1-6H3,(H2,34,39)(H,35,40)(H,36,43). The van der Waals surface area contributed by atoms with Crippen molar-refractivity contribution >= 4 is 29.8 Å². The molecule has 0 aliphatic rings. The smallest absolute Gasteiger partial charge is 0.408 e. The van der Waals surface area contributed by atoms with Gasteiger partial charge in [-0.25, -0.2) is 9.59 Å². The minimum absolute atomic E-state index is 0.0327. The highest BCUT2D eigenvalue weighted by molar-refractivity contribution is 5.95. The maximum Gasteiger partial charge on any atom is 0.408 e. The number of benzene rings is 2. The molecule has 13 nitrogen and oxygen atoms in total. The van der Waals surface area contributed by atoms with Crippen molar-refractivity contribution in [2.75, 3.05) is 6.54 Å². The number of nitriles is 1. The van der Waals surface area contributed by atoms with Gasteiger partial charge in [0.05, 0.1) is 12.5 Å². The molecule has 242 valence electrons. The highest BCUT2D eigenvalue weighted by Crippen LogP contribution is 2.26. The zero-order valence-corrected chi connectivity index (χ0v) is 26.3. The first kappa shape index (κ1) is 36.1. The molecule has 2 aromatic carbocycles. The third-order valence-electron chi connectivity index (χ3n) is 5.95. The van der Waals surface area contributed by atoms with E-state index in [9.17, 15) is 34.3 Å². The van der Waals surface area contributed by atoms with Crippen molar-refractivity contribution in [3.8, 4) is 11.8 Å². The fourth-order valence-electron chi connectivity index (χ4n) is 4.26. The Morgan fingerprint density at radius 3 is 2.07 bits per heavy atom. The molecule has 0 aromatic heterocycles. The molecule has 0 radical (unpaired) electrons. The maximum atomic E-state index is 14.1. The molecule has 0 saturated heterocycles. The molecule has 0 spiro atoms. The van der Waals surface area contributed by atoms with Gasteiger partial charge in [0.1, 0.15) is 41.6 Å². The lowest BCUT2D eigenvalue weighted by Crippen LogP contribution is -2.55. The van der Waals surface area contributed by atoms with Gasteiger partial charge in [0.15, 0.2) is 0 Å². The minimum Gasteiger partial charge on any atom is -0.508 e. The molecule has 0 heterocycles. The van der Waals surface area contributed by atoms with Crippen LogP contribution in [0, 0.1) is 11.3 Å². The Hall–Kier alpha value is -5.12. The van der Waals surface area contributed by atoms with Crippen molar-refractivity contribution in [2.45, 2.75) is 83.7 Å². The summed E-state index contributed by atoms with van der Waals surface area (Å²) in [6, 6.07) is 11.6. The number of esters is 1. The van der Waals surface area contributed by atoms with E-state index in [1.165, 1.54) is 24.3 Å². The Bertz CT molecular complexity index is 1410. The van der Waals surface area contributed by atoms with E-state index in [0.717, 1.165) is 4.90 Å². The third-order valence-corrected chi connectivity index (χ3v) is 5.95. The number of carbonyl (C=O) groups is 5. The molecule has 5 N–H and O–H groups in total. The van der Waals surface area contributed by atoms with Crippen LogP contribution in [-0.2, 0) is 35.1 Å². The quantitative estimate of drug-likeness (QED) is 0.203. The van der Waals surface area contributed by atoms with Crippen LogP contribution in [0.5, 0.6) is 5.75 Å². The van der Waals surface area contributed by atoms with E-state index < -0.39 is 72.1 Å². The number of hydrogen-bond donors (Lipinski definition) is 4. The van der Waals surface area contributed by atoms with Gasteiger partial charge in [0, 0.05) is 6.42 Å². The van der Waals surface area contributed by atoms with Crippen molar-refractivity contribution in [2.24, 2.45) is 5.73 Å². The van der Waals surface area contributed by atoms with E-state index >= 15 is 0 Å². The lowest BCUT2D eigenvalue weighted by atomic mass is 10.00. The number of phenols is 1. The predicted molar refractivity (Wildman–Crippen MR) is 163 cm³/mol. The number of amides is 4. The molecule has 0 aliphatic heterocycles. The number of carbonyl (C=O) groups excluding carboxylic acids is 5. The van der Waals surface area contributed by atoms with Crippen LogP contribution in [-0.4, -0.2) is 69.6 Å². The van der Waals surface area contributed by atoms with Crippen LogP contribution >= 0.6 is 0 Å². The summed E-state index contributed by atoms with van der Waals surface area (Å²) in [5.41, 5.74) is 4.31. The molecule has 2 rings (SSSR count). The minimum atomic E-state index is -1.62. The number of primary amides is 1. The van der Waals surface area contributed by atoms with Gasteiger partial charge in [0.25, 0.3) is 0 Å². The Labute approximate surface area is 262 Å². The van der Waals surface area contributed by atoms with Gasteiger partial charge in [0.2, 0.25) is 17.7 Å². The number of ether oxygens (including phenoxy) is 2. The van der Waals surface area contributed by atoms with Crippen LogP contribution < -0.4 is 16.4 Å². The molecule has 0 bridgehead atoms. The molecule has 0 aliphatic carbocycles. The Kier molecular flexibility index (Phi) is 12.5. The van der Waals surface area contributed by atoms with Crippen molar-refractivity contribution in [3.05, 3.63) is 65.7 Å². The van der Waals surface area contributed by atoms with Crippen LogP contribution in [0.1, 0.15) is 65.1 Å². The summed E-state index contributed by atoms with van der Waals surface area (Å²) in [6.45, 7) is 9.12. The maximum absolute atomic E-state index is 14.1. The summed E-state index contributed by atoms with van der Waals surface area (Å²) < 4.78 is 10.8. The molecular formula is C32H41N5O8. The number of aromatic hydroxyl groups is 1. The zero-order chi connectivity index (χ0) is 33.9. The molecule has 0 saturated carbocycles. The van der Waals surface area contributed by atoms with Gasteiger partial charge >= 0.3 is 12.1 Å². The van der Waals surface area contributed by atoms with Crippen LogP contribution in [0.2, 0.25) is 0 Å². The molecular weight excluding hydrogens is 582 g/mol. The fourth-order valence-corrected chi connectivity index (χ4v) is 4.26. The number of alkyl carbamates (subject to hydrolysis) is 1. The lowest BCUT2D eigenvalue weighted by Gasteiger charge is -2.33. The Morgan fingerprint density at radius 2 is 1.53 bits per heavy atom.